The molecule has 1 saturated heterocycles. The molecule has 0 aromatic heterocycles. The molecule has 2 aromatic carbocycles. The fourth-order valence-electron chi connectivity index (χ4n) is 4.63. The van der Waals surface area contributed by atoms with Crippen molar-refractivity contribution in [3.8, 4) is 5.75 Å². The highest BCUT2D eigenvalue weighted by Crippen LogP contribution is 2.39. The summed E-state index contributed by atoms with van der Waals surface area (Å²) in [6.07, 6.45) is 2.99. The number of hydrogen-bond donors (Lipinski definition) is 1. The van der Waals surface area contributed by atoms with Gasteiger partial charge in [0, 0.05) is 29.7 Å². The SMILES string of the molecule is CCc1cccc(Cl)c1COc1ccc2c(c1)CCC1C2OCCN1CCC(=O)O.Cl. The Balaban J connectivity index is 0.00000272. The normalized spacial score (nSPS) is 20.3. The van der Waals surface area contributed by atoms with Crippen LogP contribution in [0.15, 0.2) is 36.4 Å². The summed E-state index contributed by atoms with van der Waals surface area (Å²) in [5.41, 5.74) is 4.71. The van der Waals surface area contributed by atoms with Crippen LogP contribution in [0.2, 0.25) is 5.02 Å². The maximum Gasteiger partial charge on any atom is 0.304 e. The first-order valence-electron chi connectivity index (χ1n) is 10.7. The minimum Gasteiger partial charge on any atom is -0.489 e. The number of benzene rings is 2. The van der Waals surface area contributed by atoms with Crippen molar-refractivity contribution in [2.24, 2.45) is 0 Å². The summed E-state index contributed by atoms with van der Waals surface area (Å²) in [6.45, 7) is 4.57. The van der Waals surface area contributed by atoms with Crippen LogP contribution in [-0.4, -0.2) is 41.7 Å². The molecule has 0 saturated carbocycles. The molecule has 0 spiro atoms. The van der Waals surface area contributed by atoms with Gasteiger partial charge in [-0.2, -0.15) is 0 Å². The molecule has 1 fully saturated rings. The predicted octanol–water partition coefficient (Wildman–Crippen LogP) is 5.07. The number of halogens is 2. The van der Waals surface area contributed by atoms with Crippen LogP contribution >= 0.6 is 24.0 Å². The molecule has 168 valence electrons. The molecule has 2 atom stereocenters. The molecular formula is C24H29Cl2NO4. The zero-order valence-electron chi connectivity index (χ0n) is 17.7. The smallest absolute Gasteiger partial charge is 0.304 e. The summed E-state index contributed by atoms with van der Waals surface area (Å²) in [6, 6.07) is 12.4. The van der Waals surface area contributed by atoms with E-state index in [1.807, 2.05) is 18.2 Å². The number of aliphatic carboxylic acids is 1. The Morgan fingerprint density at radius 2 is 2.16 bits per heavy atom. The molecule has 31 heavy (non-hydrogen) atoms. The molecule has 1 aliphatic carbocycles. The molecule has 5 nitrogen and oxygen atoms in total. The lowest BCUT2D eigenvalue weighted by Gasteiger charge is -2.44. The number of ether oxygens (including phenoxy) is 2. The third-order valence-electron chi connectivity index (χ3n) is 6.22. The Morgan fingerprint density at radius 3 is 2.94 bits per heavy atom. The summed E-state index contributed by atoms with van der Waals surface area (Å²) < 4.78 is 12.2. The van der Waals surface area contributed by atoms with E-state index in [0.29, 0.717) is 19.8 Å². The number of rotatable bonds is 7. The fraction of sp³-hybridized carbons (Fsp3) is 0.458. The van der Waals surface area contributed by atoms with E-state index in [4.69, 9.17) is 26.2 Å². The quantitative estimate of drug-likeness (QED) is 0.618. The minimum atomic E-state index is -0.749. The largest absolute Gasteiger partial charge is 0.489 e. The second kappa shape index (κ2) is 10.7. The van der Waals surface area contributed by atoms with E-state index in [9.17, 15) is 4.79 Å². The Bertz CT molecular complexity index is 920. The van der Waals surface area contributed by atoms with Gasteiger partial charge in [0.2, 0.25) is 0 Å². The molecule has 2 aliphatic rings. The zero-order valence-corrected chi connectivity index (χ0v) is 19.3. The van der Waals surface area contributed by atoms with E-state index >= 15 is 0 Å². The first-order chi connectivity index (χ1) is 14.6. The molecule has 1 N–H and O–H groups in total. The van der Waals surface area contributed by atoms with Gasteiger partial charge in [-0.05, 0) is 54.2 Å². The van der Waals surface area contributed by atoms with E-state index < -0.39 is 5.97 Å². The average Bonchev–Trinajstić information content (AvgIpc) is 2.76. The van der Waals surface area contributed by atoms with Crippen LogP contribution in [0.4, 0.5) is 0 Å². The van der Waals surface area contributed by atoms with Crippen LogP contribution in [0.5, 0.6) is 5.75 Å². The number of aryl methyl sites for hydroxylation is 2. The van der Waals surface area contributed by atoms with Gasteiger partial charge in [-0.1, -0.05) is 36.7 Å². The predicted molar refractivity (Wildman–Crippen MR) is 123 cm³/mol. The summed E-state index contributed by atoms with van der Waals surface area (Å²) in [4.78, 5) is 13.3. The van der Waals surface area contributed by atoms with E-state index in [1.165, 1.54) is 16.7 Å². The lowest BCUT2D eigenvalue weighted by Crippen LogP contribution is -2.49. The topological polar surface area (TPSA) is 59.0 Å². The maximum atomic E-state index is 11.0. The van der Waals surface area contributed by atoms with E-state index in [1.54, 1.807) is 0 Å². The number of carbonyl (C=O) groups is 1. The average molecular weight is 466 g/mol. The number of fused-ring (bicyclic) bond motifs is 3. The molecule has 0 amide bonds. The number of hydrogen-bond acceptors (Lipinski definition) is 4. The molecule has 2 aromatic rings. The minimum absolute atomic E-state index is 0. The molecule has 1 heterocycles. The van der Waals surface area contributed by atoms with Crippen LogP contribution in [0.1, 0.15) is 48.1 Å². The van der Waals surface area contributed by atoms with Gasteiger partial charge >= 0.3 is 5.97 Å². The van der Waals surface area contributed by atoms with Crippen molar-refractivity contribution in [3.05, 3.63) is 63.7 Å². The van der Waals surface area contributed by atoms with Crippen molar-refractivity contribution < 1.29 is 19.4 Å². The molecule has 7 heteroatoms. The van der Waals surface area contributed by atoms with Crippen molar-refractivity contribution in [2.45, 2.75) is 51.4 Å². The highest BCUT2D eigenvalue weighted by molar-refractivity contribution is 6.31. The van der Waals surface area contributed by atoms with Crippen LogP contribution in [0.3, 0.4) is 0 Å². The monoisotopic (exact) mass is 465 g/mol. The van der Waals surface area contributed by atoms with Gasteiger partial charge in [0.15, 0.2) is 0 Å². The van der Waals surface area contributed by atoms with Crippen molar-refractivity contribution >= 4 is 30.0 Å². The van der Waals surface area contributed by atoms with Crippen molar-refractivity contribution in [2.75, 3.05) is 19.7 Å². The number of nitrogens with zero attached hydrogens (tertiary/aromatic N) is 1. The second-order valence-electron chi connectivity index (χ2n) is 7.96. The van der Waals surface area contributed by atoms with Gasteiger partial charge < -0.3 is 14.6 Å². The van der Waals surface area contributed by atoms with Crippen LogP contribution in [-0.2, 0) is 29.0 Å². The van der Waals surface area contributed by atoms with Crippen LogP contribution in [0.25, 0.3) is 0 Å². The summed E-state index contributed by atoms with van der Waals surface area (Å²) in [7, 11) is 0. The molecule has 0 bridgehead atoms. The Kier molecular flexibility index (Phi) is 8.23. The number of carboxylic acids is 1. The zero-order chi connectivity index (χ0) is 21.1. The maximum absolute atomic E-state index is 11.0. The molecule has 1 aliphatic heterocycles. The highest BCUT2D eigenvalue weighted by atomic mass is 35.5. The van der Waals surface area contributed by atoms with Crippen LogP contribution < -0.4 is 4.74 Å². The van der Waals surface area contributed by atoms with Gasteiger partial charge in [0.25, 0.3) is 0 Å². The summed E-state index contributed by atoms with van der Waals surface area (Å²) >= 11 is 6.39. The Hall–Kier alpha value is -1.79. The fourth-order valence-corrected chi connectivity index (χ4v) is 4.88. The Morgan fingerprint density at radius 1 is 1.32 bits per heavy atom. The lowest BCUT2D eigenvalue weighted by atomic mass is 9.84. The Labute approximate surface area is 194 Å². The second-order valence-corrected chi connectivity index (χ2v) is 8.36. The van der Waals surface area contributed by atoms with Crippen LogP contribution in [0, 0.1) is 0 Å². The first-order valence-corrected chi connectivity index (χ1v) is 11.0. The van der Waals surface area contributed by atoms with Gasteiger partial charge in [-0.25, -0.2) is 0 Å². The standard InChI is InChI=1S/C24H28ClNO4.ClH/c1-2-16-4-3-5-21(25)20(16)15-30-18-7-8-19-17(14-18)6-9-22-24(19)29-13-12-26(22)11-10-23(27)28;/h3-5,7-8,14,22,24H,2,6,9-13,15H2,1H3,(H,27,28);1H. The third kappa shape index (κ3) is 5.35. The lowest BCUT2D eigenvalue weighted by molar-refractivity contribution is -0.138. The summed E-state index contributed by atoms with van der Waals surface area (Å²) in [5.74, 6) is 0.0912. The van der Waals surface area contributed by atoms with Gasteiger partial charge in [-0.3, -0.25) is 9.69 Å². The van der Waals surface area contributed by atoms with E-state index in [2.05, 4.69) is 30.0 Å². The number of morpholine rings is 1. The van der Waals surface area contributed by atoms with E-state index in [0.717, 1.165) is 42.1 Å². The highest BCUT2D eigenvalue weighted by Gasteiger charge is 2.37. The van der Waals surface area contributed by atoms with Gasteiger partial charge in [0.1, 0.15) is 12.4 Å². The van der Waals surface area contributed by atoms with E-state index in [-0.39, 0.29) is 31.0 Å². The molecule has 2 unspecified atom stereocenters. The third-order valence-corrected chi connectivity index (χ3v) is 6.57. The van der Waals surface area contributed by atoms with Crippen molar-refractivity contribution in [1.82, 2.24) is 4.90 Å². The first kappa shape index (κ1) is 23.9. The van der Waals surface area contributed by atoms with Crippen molar-refractivity contribution in [3.63, 3.8) is 0 Å². The van der Waals surface area contributed by atoms with Crippen molar-refractivity contribution in [1.29, 1.82) is 0 Å². The molecule has 4 rings (SSSR count). The number of carboxylic acid groups (broad SMARTS) is 1. The molecular weight excluding hydrogens is 437 g/mol. The van der Waals surface area contributed by atoms with Gasteiger partial charge in [-0.15, -0.1) is 12.4 Å². The summed E-state index contributed by atoms with van der Waals surface area (Å²) in [5, 5.41) is 9.77. The van der Waals surface area contributed by atoms with Gasteiger partial charge in [0.05, 0.1) is 19.1 Å². The molecule has 0 radical (unpaired) electrons.